The molecule has 2 aromatic carbocycles. The highest BCUT2D eigenvalue weighted by molar-refractivity contribution is 7.99. The lowest BCUT2D eigenvalue weighted by molar-refractivity contribution is 0.102. The Morgan fingerprint density at radius 3 is 2.67 bits per heavy atom. The Balaban J connectivity index is 1.47. The van der Waals surface area contributed by atoms with Crippen LogP contribution < -0.4 is 5.32 Å². The fourth-order valence-electron chi connectivity index (χ4n) is 2.63. The van der Waals surface area contributed by atoms with Crippen molar-refractivity contribution in [2.75, 3.05) is 5.32 Å². The summed E-state index contributed by atoms with van der Waals surface area (Å²) in [4.78, 5) is 13.5. The zero-order valence-corrected chi connectivity index (χ0v) is 15.6. The van der Waals surface area contributed by atoms with Gasteiger partial charge in [-0.05, 0) is 61.2 Å². The fourth-order valence-corrected chi connectivity index (χ4v) is 3.39. The van der Waals surface area contributed by atoms with Crippen LogP contribution in [0.4, 0.5) is 5.69 Å². The predicted molar refractivity (Wildman–Crippen MR) is 103 cm³/mol. The van der Waals surface area contributed by atoms with Crippen molar-refractivity contribution in [3.63, 3.8) is 0 Å². The molecule has 0 spiro atoms. The Hall–Kier alpha value is -3.20. The molecule has 1 amide bonds. The lowest BCUT2D eigenvalue weighted by Gasteiger charge is -2.07. The van der Waals surface area contributed by atoms with E-state index in [1.165, 1.54) is 11.8 Å². The highest BCUT2D eigenvalue weighted by atomic mass is 32.2. The van der Waals surface area contributed by atoms with Crippen LogP contribution in [0.3, 0.4) is 0 Å². The topological polar surface area (TPSA) is 90.5 Å². The molecule has 0 aliphatic heterocycles. The Kier molecular flexibility index (Phi) is 4.59. The molecule has 0 atom stereocenters. The van der Waals surface area contributed by atoms with Gasteiger partial charge in [0.25, 0.3) is 5.91 Å². The molecule has 0 aliphatic carbocycles. The monoisotopic (exact) mass is 379 g/mol. The predicted octanol–water partition coefficient (Wildman–Crippen LogP) is 2.98. The van der Waals surface area contributed by atoms with Gasteiger partial charge in [0.05, 0.1) is 5.52 Å². The Bertz CT molecular complexity index is 1100. The minimum absolute atomic E-state index is 0.184. The zero-order valence-electron chi connectivity index (χ0n) is 14.8. The lowest BCUT2D eigenvalue weighted by atomic mass is 10.2. The summed E-state index contributed by atoms with van der Waals surface area (Å²) >= 11 is 1.51. The summed E-state index contributed by atoms with van der Waals surface area (Å²) in [6.07, 6.45) is 1.66. The molecule has 8 nitrogen and oxygen atoms in total. The van der Waals surface area contributed by atoms with Crippen LogP contribution in [0.5, 0.6) is 0 Å². The maximum atomic E-state index is 12.5. The van der Waals surface area contributed by atoms with Crippen LogP contribution in [-0.4, -0.2) is 35.7 Å². The normalized spacial score (nSPS) is 11.0. The fraction of sp³-hybridized carbons (Fsp3) is 0.167. The average molecular weight is 379 g/mol. The van der Waals surface area contributed by atoms with Crippen molar-refractivity contribution in [1.82, 2.24) is 29.8 Å². The molecular weight excluding hydrogens is 362 g/mol. The summed E-state index contributed by atoms with van der Waals surface area (Å²) in [5.41, 5.74) is 2.89. The molecule has 0 aliphatic rings. The number of fused-ring (bicyclic) bond motifs is 1. The molecule has 0 saturated carbocycles. The number of rotatable bonds is 5. The second-order valence-electron chi connectivity index (χ2n) is 5.91. The van der Waals surface area contributed by atoms with Gasteiger partial charge in [-0.15, -0.1) is 15.3 Å². The van der Waals surface area contributed by atoms with Crippen molar-refractivity contribution in [3.05, 3.63) is 54.4 Å². The van der Waals surface area contributed by atoms with Crippen molar-refractivity contribution in [2.24, 2.45) is 7.05 Å². The number of carbonyl (C=O) groups is 1. The summed E-state index contributed by atoms with van der Waals surface area (Å²) in [5, 5.41) is 19.8. The first-order chi connectivity index (χ1) is 13.1. The van der Waals surface area contributed by atoms with Crippen LogP contribution in [0.15, 0.2) is 58.8 Å². The summed E-state index contributed by atoms with van der Waals surface area (Å²) < 4.78 is 3.65. The van der Waals surface area contributed by atoms with Crippen molar-refractivity contribution in [1.29, 1.82) is 0 Å². The highest BCUT2D eigenvalue weighted by Crippen LogP contribution is 2.26. The third-order valence-corrected chi connectivity index (χ3v) is 5.13. The van der Waals surface area contributed by atoms with E-state index in [9.17, 15) is 4.79 Å². The van der Waals surface area contributed by atoms with E-state index in [2.05, 4.69) is 25.8 Å². The average Bonchev–Trinajstić information content (AvgIpc) is 3.28. The van der Waals surface area contributed by atoms with Gasteiger partial charge in [-0.1, -0.05) is 5.21 Å². The van der Waals surface area contributed by atoms with Gasteiger partial charge < -0.3 is 9.88 Å². The van der Waals surface area contributed by atoms with E-state index < -0.39 is 0 Å². The smallest absolute Gasteiger partial charge is 0.255 e. The first kappa shape index (κ1) is 17.2. The van der Waals surface area contributed by atoms with Crippen LogP contribution >= 0.6 is 11.8 Å². The van der Waals surface area contributed by atoms with E-state index in [0.29, 0.717) is 11.1 Å². The molecule has 0 fully saturated rings. The number of benzene rings is 2. The molecule has 0 unspecified atom stereocenters. The number of hydrogen-bond donors (Lipinski definition) is 1. The number of nitrogens with zero attached hydrogens (tertiary/aromatic N) is 6. The zero-order chi connectivity index (χ0) is 18.8. The molecule has 9 heteroatoms. The van der Waals surface area contributed by atoms with Gasteiger partial charge in [-0.2, -0.15) is 0 Å². The van der Waals surface area contributed by atoms with Gasteiger partial charge in [0.15, 0.2) is 5.16 Å². The highest BCUT2D eigenvalue weighted by Gasteiger charge is 2.10. The van der Waals surface area contributed by atoms with Crippen LogP contribution in [0.25, 0.3) is 11.0 Å². The molecule has 27 heavy (non-hydrogen) atoms. The number of anilines is 1. The van der Waals surface area contributed by atoms with E-state index >= 15 is 0 Å². The summed E-state index contributed by atoms with van der Waals surface area (Å²) in [5.74, 6) is -0.184. The quantitative estimate of drug-likeness (QED) is 0.573. The molecule has 0 radical (unpaired) electrons. The summed E-state index contributed by atoms with van der Waals surface area (Å²) in [7, 11) is 1.90. The second kappa shape index (κ2) is 7.20. The Morgan fingerprint density at radius 2 is 1.96 bits per heavy atom. The van der Waals surface area contributed by atoms with Gasteiger partial charge >= 0.3 is 0 Å². The minimum atomic E-state index is -0.184. The van der Waals surface area contributed by atoms with Gasteiger partial charge in [-0.25, -0.2) is 4.68 Å². The first-order valence-electron chi connectivity index (χ1n) is 8.40. The maximum Gasteiger partial charge on any atom is 0.255 e. The Morgan fingerprint density at radius 1 is 1.15 bits per heavy atom. The number of aromatic nitrogens is 6. The lowest BCUT2D eigenvalue weighted by Crippen LogP contribution is -2.11. The van der Waals surface area contributed by atoms with Gasteiger partial charge in [0.1, 0.15) is 11.8 Å². The van der Waals surface area contributed by atoms with E-state index in [4.69, 9.17) is 0 Å². The van der Waals surface area contributed by atoms with E-state index in [1.54, 1.807) is 23.1 Å². The summed E-state index contributed by atoms with van der Waals surface area (Å²) in [6.45, 7) is 2.74. The largest absolute Gasteiger partial charge is 0.322 e. The van der Waals surface area contributed by atoms with Crippen molar-refractivity contribution < 1.29 is 4.79 Å². The first-order valence-corrected chi connectivity index (χ1v) is 9.22. The van der Waals surface area contributed by atoms with Crippen LogP contribution in [-0.2, 0) is 13.6 Å². The third-order valence-electron chi connectivity index (χ3n) is 4.07. The standard InChI is InChI=1S/C18H17N7OS/c1-3-25-16-9-4-12(10-15(16)21-23-25)17(26)20-13-5-7-14(8-6-13)27-18-22-19-11-24(18)2/h4-11H,3H2,1-2H3,(H,20,26). The van der Waals surface area contributed by atoms with Gasteiger partial charge in [-0.3, -0.25) is 4.79 Å². The Labute approximate surface area is 159 Å². The summed E-state index contributed by atoms with van der Waals surface area (Å²) in [6, 6.07) is 13.0. The molecular formula is C18H17N7OS. The number of aryl methyl sites for hydroxylation is 2. The maximum absolute atomic E-state index is 12.5. The van der Waals surface area contributed by atoms with Gasteiger partial charge in [0, 0.05) is 29.7 Å². The third kappa shape index (κ3) is 3.54. The van der Waals surface area contributed by atoms with Crippen molar-refractivity contribution >= 4 is 34.4 Å². The molecule has 0 saturated heterocycles. The minimum Gasteiger partial charge on any atom is -0.322 e. The molecule has 1 N–H and O–H groups in total. The molecule has 0 bridgehead atoms. The number of amides is 1. The van der Waals surface area contributed by atoms with Crippen molar-refractivity contribution in [3.8, 4) is 0 Å². The van der Waals surface area contributed by atoms with Crippen LogP contribution in [0.2, 0.25) is 0 Å². The van der Waals surface area contributed by atoms with Crippen LogP contribution in [0, 0.1) is 0 Å². The molecule has 4 rings (SSSR count). The van der Waals surface area contributed by atoms with Gasteiger partial charge in [0.2, 0.25) is 0 Å². The molecule has 4 aromatic rings. The molecule has 136 valence electrons. The molecule has 2 aromatic heterocycles. The number of nitrogens with one attached hydrogen (secondary N) is 1. The van der Waals surface area contributed by atoms with Crippen LogP contribution in [0.1, 0.15) is 17.3 Å². The van der Waals surface area contributed by atoms with Crippen molar-refractivity contribution in [2.45, 2.75) is 23.5 Å². The number of carbonyl (C=O) groups excluding carboxylic acids is 1. The second-order valence-corrected chi connectivity index (χ2v) is 6.95. The number of hydrogen-bond acceptors (Lipinski definition) is 6. The molecule has 2 heterocycles. The SMILES string of the molecule is CCn1nnc2cc(C(=O)Nc3ccc(Sc4nncn4C)cc3)ccc21. The van der Waals surface area contributed by atoms with E-state index in [1.807, 2.05) is 48.9 Å². The van der Waals surface area contributed by atoms with E-state index in [0.717, 1.165) is 27.8 Å². The van der Waals surface area contributed by atoms with E-state index in [-0.39, 0.29) is 5.91 Å².